The van der Waals surface area contributed by atoms with Gasteiger partial charge in [-0.25, -0.2) is 0 Å². The zero-order valence-corrected chi connectivity index (χ0v) is 13.3. The van der Waals surface area contributed by atoms with Crippen LogP contribution in [-0.2, 0) is 11.0 Å². The summed E-state index contributed by atoms with van der Waals surface area (Å²) in [5.41, 5.74) is -0.538. The Balaban J connectivity index is 2.16. The van der Waals surface area contributed by atoms with Gasteiger partial charge in [-0.1, -0.05) is 43.8 Å². The second-order valence-electron chi connectivity index (χ2n) is 5.49. The van der Waals surface area contributed by atoms with Gasteiger partial charge in [0.2, 0.25) is 0 Å². The van der Waals surface area contributed by atoms with Crippen molar-refractivity contribution in [2.45, 2.75) is 38.2 Å². The topological polar surface area (TPSA) is 41.5 Å². The van der Waals surface area contributed by atoms with Crippen molar-refractivity contribution in [1.82, 2.24) is 5.32 Å². The maximum Gasteiger partial charge on any atom is 0.416 e. The molecular weight excluding hydrogens is 313 g/mol. The van der Waals surface area contributed by atoms with Crippen molar-refractivity contribution in [1.29, 1.82) is 0 Å². The standard InChI is InChI=1S/C15H17F3N2OS/c1-8(2)12-13(21)20-14(22-12)19-9(3)10-6-4-5-7-11(10)15(16,17)18/h4-9,12H,1-3H3,(H,19,20,21)/t9-,12?/m0/s1. The lowest BCUT2D eigenvalue weighted by Crippen LogP contribution is -2.26. The maximum atomic E-state index is 13.0. The van der Waals surface area contributed by atoms with Crippen molar-refractivity contribution in [3.63, 3.8) is 0 Å². The Morgan fingerprint density at radius 3 is 2.41 bits per heavy atom. The van der Waals surface area contributed by atoms with E-state index in [1.54, 1.807) is 13.0 Å². The number of aliphatic imine (C=N–C) groups is 1. The van der Waals surface area contributed by atoms with Crippen LogP contribution in [0.3, 0.4) is 0 Å². The second kappa shape index (κ2) is 6.32. The summed E-state index contributed by atoms with van der Waals surface area (Å²) < 4.78 is 39.1. The van der Waals surface area contributed by atoms with Crippen LogP contribution in [0.4, 0.5) is 13.2 Å². The SMILES string of the molecule is CC(C)C1SC(N[C@@H](C)c2ccccc2C(F)(F)F)=NC1=O. The molecular formula is C15H17F3N2OS. The van der Waals surface area contributed by atoms with Crippen LogP contribution in [0.5, 0.6) is 0 Å². The molecule has 3 nitrogen and oxygen atoms in total. The van der Waals surface area contributed by atoms with E-state index >= 15 is 0 Å². The summed E-state index contributed by atoms with van der Waals surface area (Å²) >= 11 is 1.27. The fourth-order valence-corrected chi connectivity index (χ4v) is 3.30. The predicted octanol–water partition coefficient (Wildman–Crippen LogP) is 4.01. The highest BCUT2D eigenvalue weighted by molar-refractivity contribution is 8.15. The third-order valence-corrected chi connectivity index (χ3v) is 4.80. The molecule has 2 rings (SSSR count). The van der Waals surface area contributed by atoms with Crippen LogP contribution in [-0.4, -0.2) is 16.3 Å². The molecule has 1 unspecified atom stereocenters. The van der Waals surface area contributed by atoms with E-state index in [2.05, 4.69) is 10.3 Å². The van der Waals surface area contributed by atoms with E-state index in [1.165, 1.54) is 23.9 Å². The van der Waals surface area contributed by atoms with Crippen molar-refractivity contribution in [3.05, 3.63) is 35.4 Å². The van der Waals surface area contributed by atoms with Gasteiger partial charge in [0.25, 0.3) is 5.91 Å². The van der Waals surface area contributed by atoms with Crippen molar-refractivity contribution in [2.75, 3.05) is 0 Å². The number of nitrogens with one attached hydrogen (secondary N) is 1. The van der Waals surface area contributed by atoms with Gasteiger partial charge >= 0.3 is 6.18 Å². The van der Waals surface area contributed by atoms with Gasteiger partial charge < -0.3 is 5.32 Å². The van der Waals surface area contributed by atoms with E-state index < -0.39 is 17.8 Å². The lowest BCUT2D eigenvalue weighted by molar-refractivity contribution is -0.138. The molecule has 1 aromatic carbocycles. The molecule has 1 aromatic rings. The number of hydrogen-bond donors (Lipinski definition) is 1. The first-order valence-corrected chi connectivity index (χ1v) is 7.80. The van der Waals surface area contributed by atoms with E-state index in [1.807, 2.05) is 13.8 Å². The van der Waals surface area contributed by atoms with Crippen LogP contribution < -0.4 is 5.32 Å². The summed E-state index contributed by atoms with van der Waals surface area (Å²) in [6.07, 6.45) is -4.41. The van der Waals surface area contributed by atoms with Crippen LogP contribution in [0.1, 0.15) is 37.9 Å². The van der Waals surface area contributed by atoms with Gasteiger partial charge in [0.15, 0.2) is 5.17 Å². The highest BCUT2D eigenvalue weighted by Crippen LogP contribution is 2.35. The van der Waals surface area contributed by atoms with Crippen LogP contribution in [0.15, 0.2) is 29.3 Å². The molecule has 0 fully saturated rings. The van der Waals surface area contributed by atoms with Crippen LogP contribution in [0.25, 0.3) is 0 Å². The second-order valence-corrected chi connectivity index (χ2v) is 6.62. The molecule has 0 saturated carbocycles. The molecule has 0 radical (unpaired) electrons. The van der Waals surface area contributed by atoms with E-state index in [9.17, 15) is 18.0 Å². The van der Waals surface area contributed by atoms with Gasteiger partial charge in [0.1, 0.15) is 0 Å². The molecule has 0 aromatic heterocycles. The van der Waals surface area contributed by atoms with Crippen molar-refractivity contribution in [2.24, 2.45) is 10.9 Å². The maximum absolute atomic E-state index is 13.0. The molecule has 0 saturated heterocycles. The quantitative estimate of drug-likeness (QED) is 0.910. The predicted molar refractivity (Wildman–Crippen MR) is 81.7 cm³/mol. The number of halogens is 3. The summed E-state index contributed by atoms with van der Waals surface area (Å²) in [5, 5.41) is 3.03. The van der Waals surface area contributed by atoms with Crippen molar-refractivity contribution < 1.29 is 18.0 Å². The number of amidine groups is 1. The normalized spacial score (nSPS) is 20.2. The number of carbonyl (C=O) groups excluding carboxylic acids is 1. The van der Waals surface area contributed by atoms with E-state index in [0.29, 0.717) is 5.17 Å². The van der Waals surface area contributed by atoms with Crippen molar-refractivity contribution >= 4 is 22.8 Å². The number of nitrogens with zero attached hydrogens (tertiary/aromatic N) is 1. The van der Waals surface area contributed by atoms with E-state index in [4.69, 9.17) is 0 Å². The highest BCUT2D eigenvalue weighted by Gasteiger charge is 2.35. The highest BCUT2D eigenvalue weighted by atomic mass is 32.2. The fourth-order valence-electron chi connectivity index (χ4n) is 2.24. The summed E-state index contributed by atoms with van der Waals surface area (Å²) in [7, 11) is 0. The first-order chi connectivity index (χ1) is 10.2. The van der Waals surface area contributed by atoms with Crippen LogP contribution in [0, 0.1) is 5.92 Å². The first kappa shape index (κ1) is 16.9. The minimum absolute atomic E-state index is 0.123. The molecule has 1 heterocycles. The average Bonchev–Trinajstić information content (AvgIpc) is 2.78. The summed E-state index contributed by atoms with van der Waals surface area (Å²) in [4.78, 5) is 15.6. The largest absolute Gasteiger partial charge is 0.416 e. The molecule has 7 heteroatoms. The lowest BCUT2D eigenvalue weighted by Gasteiger charge is -2.20. The molecule has 1 amide bonds. The Morgan fingerprint density at radius 1 is 1.23 bits per heavy atom. The Hall–Kier alpha value is -1.50. The first-order valence-electron chi connectivity index (χ1n) is 6.92. The minimum atomic E-state index is -4.41. The van der Waals surface area contributed by atoms with E-state index in [-0.39, 0.29) is 22.6 Å². The van der Waals surface area contributed by atoms with Gasteiger partial charge in [-0.15, -0.1) is 0 Å². The number of hydrogen-bond acceptors (Lipinski definition) is 3. The lowest BCUT2D eigenvalue weighted by atomic mass is 10.0. The molecule has 120 valence electrons. The summed E-state index contributed by atoms with van der Waals surface area (Å²) in [6.45, 7) is 5.45. The van der Waals surface area contributed by atoms with Gasteiger partial charge in [0, 0.05) is 0 Å². The fraction of sp³-hybridized carbons (Fsp3) is 0.467. The number of thioether (sulfide) groups is 1. The van der Waals surface area contributed by atoms with Crippen molar-refractivity contribution in [3.8, 4) is 0 Å². The molecule has 22 heavy (non-hydrogen) atoms. The molecule has 1 aliphatic rings. The minimum Gasteiger partial charge on any atom is -0.358 e. The van der Waals surface area contributed by atoms with Gasteiger partial charge in [-0.05, 0) is 24.5 Å². The number of amides is 1. The Morgan fingerprint density at radius 2 is 1.86 bits per heavy atom. The number of carbonyl (C=O) groups is 1. The van der Waals surface area contributed by atoms with Crippen LogP contribution in [0.2, 0.25) is 0 Å². The molecule has 2 atom stereocenters. The number of rotatable bonds is 3. The number of benzene rings is 1. The zero-order valence-electron chi connectivity index (χ0n) is 12.4. The Labute approximate surface area is 131 Å². The van der Waals surface area contributed by atoms with E-state index in [0.717, 1.165) is 6.07 Å². The van der Waals surface area contributed by atoms with Gasteiger partial charge in [-0.3, -0.25) is 4.79 Å². The Bertz CT molecular complexity index is 599. The zero-order chi connectivity index (χ0) is 16.5. The molecule has 0 bridgehead atoms. The molecule has 1 aliphatic heterocycles. The Kier molecular flexibility index (Phi) is 4.84. The number of alkyl halides is 3. The molecule has 0 spiro atoms. The third-order valence-electron chi connectivity index (χ3n) is 3.37. The van der Waals surface area contributed by atoms with Gasteiger partial charge in [0.05, 0.1) is 16.9 Å². The smallest absolute Gasteiger partial charge is 0.358 e. The monoisotopic (exact) mass is 330 g/mol. The van der Waals surface area contributed by atoms with Crippen LogP contribution >= 0.6 is 11.8 Å². The molecule has 1 N–H and O–H groups in total. The average molecular weight is 330 g/mol. The van der Waals surface area contributed by atoms with Gasteiger partial charge in [-0.2, -0.15) is 18.2 Å². The summed E-state index contributed by atoms with van der Waals surface area (Å²) in [5.74, 6) is -0.114. The molecule has 0 aliphatic carbocycles. The third kappa shape index (κ3) is 3.63. The summed E-state index contributed by atoms with van der Waals surface area (Å²) in [6, 6.07) is 4.82.